The second-order valence-electron chi connectivity index (χ2n) is 4.21. The summed E-state index contributed by atoms with van der Waals surface area (Å²) in [5.74, 6) is -0.462. The van der Waals surface area contributed by atoms with E-state index in [1.807, 2.05) is 32.0 Å². The molecule has 0 bridgehead atoms. The van der Waals surface area contributed by atoms with Crippen LogP contribution in [0, 0.1) is 13.8 Å². The number of aryl methyl sites for hydroxylation is 2. The van der Waals surface area contributed by atoms with E-state index >= 15 is 0 Å². The molecule has 19 heavy (non-hydrogen) atoms. The molecule has 1 aromatic heterocycles. The van der Waals surface area contributed by atoms with Crippen LogP contribution >= 0.6 is 0 Å². The van der Waals surface area contributed by atoms with E-state index in [0.29, 0.717) is 5.56 Å². The first kappa shape index (κ1) is 12.9. The van der Waals surface area contributed by atoms with Crippen LogP contribution < -0.4 is 5.43 Å². The Morgan fingerprint density at radius 2 is 1.68 bits per heavy atom. The van der Waals surface area contributed by atoms with Gasteiger partial charge >= 0.3 is 0 Å². The number of nitrogens with zero attached hydrogens (tertiary/aromatic N) is 2. The van der Waals surface area contributed by atoms with Crippen molar-refractivity contribution >= 4 is 11.6 Å². The third-order valence-corrected chi connectivity index (χ3v) is 2.85. The Morgan fingerprint density at radius 1 is 1.11 bits per heavy atom. The molecule has 0 unspecified atom stereocenters. The van der Waals surface area contributed by atoms with Gasteiger partial charge in [-0.2, -0.15) is 0 Å². The minimum Gasteiger partial charge on any atom is -0.410 e. The van der Waals surface area contributed by atoms with Crippen LogP contribution in [0.15, 0.2) is 47.6 Å². The zero-order chi connectivity index (χ0) is 13.8. The Labute approximate surface area is 111 Å². The van der Waals surface area contributed by atoms with Gasteiger partial charge in [0.25, 0.3) is 5.91 Å². The van der Waals surface area contributed by atoms with E-state index in [9.17, 15) is 4.79 Å². The molecule has 0 radical (unpaired) electrons. The molecule has 2 aromatic rings. The summed E-state index contributed by atoms with van der Waals surface area (Å²) >= 11 is 0. The van der Waals surface area contributed by atoms with Crippen molar-refractivity contribution in [3.05, 3.63) is 59.4 Å². The predicted molar refractivity (Wildman–Crippen MR) is 73.0 cm³/mol. The quantitative estimate of drug-likeness (QED) is 0.502. The average Bonchev–Trinajstić information content (AvgIpc) is 2.73. The predicted octanol–water partition coefficient (Wildman–Crippen LogP) is 2.05. The van der Waals surface area contributed by atoms with Crippen molar-refractivity contribution in [3.63, 3.8) is 0 Å². The number of oxime groups is 1. The second kappa shape index (κ2) is 5.39. The van der Waals surface area contributed by atoms with E-state index in [2.05, 4.69) is 10.6 Å². The molecule has 0 atom stereocenters. The fourth-order valence-corrected chi connectivity index (χ4v) is 1.83. The SMILES string of the molecule is Cc1ccc(C)n1NC(=O)/C(=N\O)c1ccccc1. The van der Waals surface area contributed by atoms with E-state index in [4.69, 9.17) is 5.21 Å². The van der Waals surface area contributed by atoms with E-state index < -0.39 is 5.91 Å². The number of benzene rings is 1. The highest BCUT2D eigenvalue weighted by molar-refractivity contribution is 6.47. The van der Waals surface area contributed by atoms with E-state index in [-0.39, 0.29) is 5.71 Å². The molecule has 2 rings (SSSR count). The number of aromatic nitrogens is 1. The summed E-state index contributed by atoms with van der Waals surface area (Å²) in [5.41, 5.74) is 5.03. The van der Waals surface area contributed by atoms with Gasteiger partial charge in [-0.15, -0.1) is 0 Å². The summed E-state index contributed by atoms with van der Waals surface area (Å²) in [5, 5.41) is 12.1. The lowest BCUT2D eigenvalue weighted by atomic mass is 10.1. The minimum atomic E-state index is -0.462. The molecule has 98 valence electrons. The lowest BCUT2D eigenvalue weighted by Crippen LogP contribution is -2.31. The highest BCUT2D eigenvalue weighted by atomic mass is 16.4. The normalized spacial score (nSPS) is 11.4. The molecular formula is C14H15N3O2. The van der Waals surface area contributed by atoms with Crippen molar-refractivity contribution in [1.29, 1.82) is 0 Å². The monoisotopic (exact) mass is 257 g/mol. The second-order valence-corrected chi connectivity index (χ2v) is 4.21. The first-order valence-corrected chi connectivity index (χ1v) is 5.87. The molecule has 1 aromatic carbocycles. The summed E-state index contributed by atoms with van der Waals surface area (Å²) < 4.78 is 1.65. The van der Waals surface area contributed by atoms with E-state index in [1.165, 1.54) is 0 Å². The van der Waals surface area contributed by atoms with Gasteiger partial charge < -0.3 is 5.21 Å². The standard InChI is InChI=1S/C14H15N3O2/c1-10-8-9-11(2)17(10)15-14(18)13(16-19)12-6-4-3-5-7-12/h3-9,19H,1-2H3,(H,15,18)/b16-13-. The van der Waals surface area contributed by atoms with Crippen molar-refractivity contribution in [2.45, 2.75) is 13.8 Å². The topological polar surface area (TPSA) is 66.6 Å². The lowest BCUT2D eigenvalue weighted by Gasteiger charge is -2.11. The molecule has 5 heteroatoms. The molecular weight excluding hydrogens is 242 g/mol. The molecule has 1 heterocycles. The summed E-state index contributed by atoms with van der Waals surface area (Å²) in [6, 6.07) is 12.6. The number of nitrogens with one attached hydrogen (secondary N) is 1. The van der Waals surface area contributed by atoms with Gasteiger partial charge in [0.15, 0.2) is 5.71 Å². The third kappa shape index (κ3) is 2.65. The van der Waals surface area contributed by atoms with Crippen molar-refractivity contribution in [3.8, 4) is 0 Å². The Balaban J connectivity index is 2.25. The number of hydrogen-bond acceptors (Lipinski definition) is 3. The molecule has 2 N–H and O–H groups in total. The van der Waals surface area contributed by atoms with Gasteiger partial charge in [0, 0.05) is 17.0 Å². The van der Waals surface area contributed by atoms with Gasteiger partial charge in [-0.05, 0) is 26.0 Å². The number of amides is 1. The van der Waals surface area contributed by atoms with Crippen molar-refractivity contribution < 1.29 is 10.0 Å². The fourth-order valence-electron chi connectivity index (χ4n) is 1.83. The summed E-state index contributed by atoms with van der Waals surface area (Å²) in [4.78, 5) is 12.1. The van der Waals surface area contributed by atoms with Crippen molar-refractivity contribution in [2.75, 3.05) is 5.43 Å². The summed E-state index contributed by atoms with van der Waals surface area (Å²) in [6.45, 7) is 3.76. The maximum Gasteiger partial charge on any atom is 0.292 e. The number of hydrogen-bond donors (Lipinski definition) is 2. The minimum absolute atomic E-state index is 0.0203. The third-order valence-electron chi connectivity index (χ3n) is 2.85. The van der Waals surface area contributed by atoms with Gasteiger partial charge in [0.1, 0.15) is 0 Å². The zero-order valence-corrected chi connectivity index (χ0v) is 10.8. The number of carbonyl (C=O) groups is 1. The van der Waals surface area contributed by atoms with Crippen LogP contribution in [0.2, 0.25) is 0 Å². The first-order valence-electron chi connectivity index (χ1n) is 5.87. The Hall–Kier alpha value is -2.56. The Kier molecular flexibility index (Phi) is 3.66. The van der Waals surface area contributed by atoms with Gasteiger partial charge in [0.2, 0.25) is 0 Å². The smallest absolute Gasteiger partial charge is 0.292 e. The molecule has 0 saturated carbocycles. The summed E-state index contributed by atoms with van der Waals surface area (Å²) in [6.07, 6.45) is 0. The van der Waals surface area contributed by atoms with Crippen LogP contribution in [-0.4, -0.2) is 21.5 Å². The Bertz CT molecular complexity index is 595. The maximum atomic E-state index is 12.1. The highest BCUT2D eigenvalue weighted by Crippen LogP contribution is 2.06. The Morgan fingerprint density at radius 3 is 2.21 bits per heavy atom. The van der Waals surface area contributed by atoms with Gasteiger partial charge in [0.05, 0.1) is 0 Å². The van der Waals surface area contributed by atoms with E-state index in [0.717, 1.165) is 11.4 Å². The van der Waals surface area contributed by atoms with Gasteiger partial charge in [-0.1, -0.05) is 35.5 Å². The summed E-state index contributed by atoms with van der Waals surface area (Å²) in [7, 11) is 0. The largest absolute Gasteiger partial charge is 0.410 e. The van der Waals surface area contributed by atoms with Crippen LogP contribution in [0.25, 0.3) is 0 Å². The van der Waals surface area contributed by atoms with Crippen LogP contribution in [0.1, 0.15) is 17.0 Å². The first-order chi connectivity index (χ1) is 9.13. The van der Waals surface area contributed by atoms with Crippen molar-refractivity contribution in [2.24, 2.45) is 5.16 Å². The van der Waals surface area contributed by atoms with Crippen LogP contribution in [0.4, 0.5) is 0 Å². The molecule has 5 nitrogen and oxygen atoms in total. The maximum absolute atomic E-state index is 12.1. The fraction of sp³-hybridized carbons (Fsp3) is 0.143. The lowest BCUT2D eigenvalue weighted by molar-refractivity contribution is -0.111. The molecule has 0 spiro atoms. The van der Waals surface area contributed by atoms with Crippen LogP contribution in [-0.2, 0) is 4.79 Å². The molecule has 0 aliphatic heterocycles. The molecule has 0 saturated heterocycles. The molecule has 1 amide bonds. The average molecular weight is 257 g/mol. The number of carbonyl (C=O) groups excluding carboxylic acids is 1. The van der Waals surface area contributed by atoms with Crippen LogP contribution in [0.5, 0.6) is 0 Å². The molecule has 0 aliphatic carbocycles. The van der Waals surface area contributed by atoms with Gasteiger partial charge in [-0.3, -0.25) is 14.9 Å². The van der Waals surface area contributed by atoms with Gasteiger partial charge in [-0.25, -0.2) is 0 Å². The van der Waals surface area contributed by atoms with Crippen molar-refractivity contribution in [1.82, 2.24) is 4.68 Å². The molecule has 0 fully saturated rings. The number of rotatable bonds is 3. The van der Waals surface area contributed by atoms with Crippen LogP contribution in [0.3, 0.4) is 0 Å². The highest BCUT2D eigenvalue weighted by Gasteiger charge is 2.15. The van der Waals surface area contributed by atoms with E-state index in [1.54, 1.807) is 28.9 Å². The molecule has 0 aliphatic rings. The zero-order valence-electron chi connectivity index (χ0n) is 10.8.